The second kappa shape index (κ2) is 6.31. The molecule has 0 saturated heterocycles. The number of para-hydroxylation sites is 2. The summed E-state index contributed by atoms with van der Waals surface area (Å²) in [4.78, 5) is 17.7. The fraction of sp³-hybridized carbons (Fsp3) is 0.118. The highest BCUT2D eigenvalue weighted by molar-refractivity contribution is 5.97. The zero-order valence-corrected chi connectivity index (χ0v) is 12.8. The zero-order chi connectivity index (χ0) is 16.2. The molecule has 0 spiro atoms. The Morgan fingerprint density at radius 3 is 2.52 bits per heavy atom. The zero-order valence-electron chi connectivity index (χ0n) is 12.8. The summed E-state index contributed by atoms with van der Waals surface area (Å²) in [6, 6.07) is 16.5. The van der Waals surface area contributed by atoms with Gasteiger partial charge in [-0.2, -0.15) is 14.8 Å². The van der Waals surface area contributed by atoms with E-state index in [1.165, 1.54) is 11.2 Å². The molecule has 0 unspecified atom stereocenters. The number of primary amides is 1. The average molecular weight is 307 g/mol. The van der Waals surface area contributed by atoms with Crippen LogP contribution in [0.5, 0.6) is 0 Å². The minimum absolute atomic E-state index is 0.365. The summed E-state index contributed by atoms with van der Waals surface area (Å²) in [6.07, 6.45) is 2.19. The number of aryl methyl sites for hydroxylation is 1. The van der Waals surface area contributed by atoms with Crippen LogP contribution in [0, 0.1) is 0 Å². The monoisotopic (exact) mass is 307 g/mol. The van der Waals surface area contributed by atoms with Crippen LogP contribution in [0.2, 0.25) is 0 Å². The van der Waals surface area contributed by atoms with Gasteiger partial charge in [0.1, 0.15) is 6.33 Å². The number of rotatable bonds is 4. The quantitative estimate of drug-likeness (QED) is 0.804. The molecular weight excluding hydrogens is 290 g/mol. The number of aromatic nitrogens is 3. The van der Waals surface area contributed by atoms with Gasteiger partial charge in [-0.15, -0.1) is 0 Å². The summed E-state index contributed by atoms with van der Waals surface area (Å²) < 4.78 is 1.59. The van der Waals surface area contributed by atoms with Crippen molar-refractivity contribution in [3.05, 3.63) is 66.5 Å². The van der Waals surface area contributed by atoms with Crippen LogP contribution < -0.4 is 10.6 Å². The summed E-state index contributed by atoms with van der Waals surface area (Å²) in [5, 5.41) is 4.23. The fourth-order valence-corrected chi connectivity index (χ4v) is 2.49. The maximum absolute atomic E-state index is 12.1. The van der Waals surface area contributed by atoms with Crippen LogP contribution >= 0.6 is 0 Å². The lowest BCUT2D eigenvalue weighted by molar-refractivity contribution is 0.255. The Morgan fingerprint density at radius 1 is 1.13 bits per heavy atom. The maximum Gasteiger partial charge on any atom is 0.326 e. The lowest BCUT2D eigenvalue weighted by Gasteiger charge is -2.22. The average Bonchev–Trinajstić information content (AvgIpc) is 3.05. The van der Waals surface area contributed by atoms with Gasteiger partial charge >= 0.3 is 6.03 Å². The normalized spacial score (nSPS) is 10.5. The summed E-state index contributed by atoms with van der Waals surface area (Å²) in [6.45, 7) is 2.03. The van der Waals surface area contributed by atoms with Crippen molar-refractivity contribution < 1.29 is 4.79 Å². The van der Waals surface area contributed by atoms with Crippen LogP contribution in [0.15, 0.2) is 60.9 Å². The molecule has 23 heavy (non-hydrogen) atoms. The molecule has 6 nitrogen and oxygen atoms in total. The van der Waals surface area contributed by atoms with E-state index in [2.05, 4.69) is 10.1 Å². The minimum Gasteiger partial charge on any atom is -0.351 e. The van der Waals surface area contributed by atoms with Crippen molar-refractivity contribution >= 4 is 17.7 Å². The number of hydrogen-bond acceptors (Lipinski definition) is 3. The fourth-order valence-electron chi connectivity index (χ4n) is 2.49. The highest BCUT2D eigenvalue weighted by Crippen LogP contribution is 2.28. The Hall–Kier alpha value is -3.15. The van der Waals surface area contributed by atoms with Gasteiger partial charge in [-0.1, -0.05) is 43.3 Å². The van der Waals surface area contributed by atoms with Gasteiger partial charge < -0.3 is 5.73 Å². The lowest BCUT2D eigenvalue weighted by Crippen LogP contribution is -2.34. The van der Waals surface area contributed by atoms with Gasteiger partial charge in [0.15, 0.2) is 0 Å². The molecule has 3 aromatic rings. The SMILES string of the molecule is CCc1ccccc1N(C(N)=O)c1ncnn1-c1ccccc1. The molecule has 0 bridgehead atoms. The number of carbonyl (C=O) groups excluding carboxylic acids is 1. The first-order valence-corrected chi connectivity index (χ1v) is 7.35. The summed E-state index contributed by atoms with van der Waals surface area (Å²) >= 11 is 0. The van der Waals surface area contributed by atoms with Gasteiger partial charge in [-0.05, 0) is 30.2 Å². The first kappa shape index (κ1) is 14.8. The molecule has 2 aromatic carbocycles. The van der Waals surface area contributed by atoms with E-state index in [0.29, 0.717) is 11.6 Å². The summed E-state index contributed by atoms with van der Waals surface area (Å²) in [5.41, 5.74) is 8.17. The van der Waals surface area contributed by atoms with Gasteiger partial charge in [0.25, 0.3) is 0 Å². The maximum atomic E-state index is 12.1. The van der Waals surface area contributed by atoms with Crippen LogP contribution in [-0.4, -0.2) is 20.8 Å². The molecule has 0 aliphatic heterocycles. The third kappa shape index (κ3) is 2.78. The molecular formula is C17H17N5O. The van der Waals surface area contributed by atoms with Crippen LogP contribution in [0.1, 0.15) is 12.5 Å². The predicted molar refractivity (Wildman–Crippen MR) is 88.9 cm³/mol. The Labute approximate surface area is 134 Å². The molecule has 0 fully saturated rings. The van der Waals surface area contributed by atoms with E-state index in [-0.39, 0.29) is 0 Å². The molecule has 2 amide bonds. The smallest absolute Gasteiger partial charge is 0.326 e. The molecule has 1 heterocycles. The first-order valence-electron chi connectivity index (χ1n) is 7.35. The Morgan fingerprint density at radius 2 is 1.83 bits per heavy atom. The lowest BCUT2D eigenvalue weighted by atomic mass is 10.1. The molecule has 6 heteroatoms. The minimum atomic E-state index is -0.601. The topological polar surface area (TPSA) is 77.0 Å². The van der Waals surface area contributed by atoms with Crippen molar-refractivity contribution in [2.24, 2.45) is 5.73 Å². The first-order chi connectivity index (χ1) is 11.2. The molecule has 0 radical (unpaired) electrons. The highest BCUT2D eigenvalue weighted by atomic mass is 16.2. The summed E-state index contributed by atoms with van der Waals surface area (Å²) in [7, 11) is 0. The van der Waals surface area contributed by atoms with Gasteiger partial charge in [0.2, 0.25) is 5.95 Å². The van der Waals surface area contributed by atoms with E-state index in [1.54, 1.807) is 4.68 Å². The van der Waals surface area contributed by atoms with Gasteiger partial charge in [0.05, 0.1) is 11.4 Å². The second-order valence-electron chi connectivity index (χ2n) is 4.96. The number of anilines is 2. The molecule has 1 aromatic heterocycles. The Balaban J connectivity index is 2.15. The molecule has 0 aliphatic carbocycles. The van der Waals surface area contributed by atoms with Crippen molar-refractivity contribution in [2.75, 3.05) is 4.90 Å². The number of benzene rings is 2. The molecule has 3 rings (SSSR count). The summed E-state index contributed by atoms with van der Waals surface area (Å²) in [5.74, 6) is 0.365. The third-order valence-electron chi connectivity index (χ3n) is 3.56. The van der Waals surface area contributed by atoms with E-state index in [4.69, 9.17) is 5.73 Å². The number of carbonyl (C=O) groups is 1. The van der Waals surface area contributed by atoms with Crippen LogP contribution in [0.4, 0.5) is 16.4 Å². The molecule has 0 saturated carbocycles. The number of urea groups is 1. The Kier molecular flexibility index (Phi) is 4.05. The number of hydrogen-bond donors (Lipinski definition) is 1. The van der Waals surface area contributed by atoms with Crippen molar-refractivity contribution in [3.63, 3.8) is 0 Å². The number of nitrogens with two attached hydrogens (primary N) is 1. The van der Waals surface area contributed by atoms with Crippen molar-refractivity contribution in [2.45, 2.75) is 13.3 Å². The highest BCUT2D eigenvalue weighted by Gasteiger charge is 2.23. The van der Waals surface area contributed by atoms with Crippen molar-refractivity contribution in [1.29, 1.82) is 0 Å². The second-order valence-corrected chi connectivity index (χ2v) is 4.96. The Bertz CT molecular complexity index is 813. The third-order valence-corrected chi connectivity index (χ3v) is 3.56. The molecule has 0 aliphatic rings. The van der Waals surface area contributed by atoms with Crippen LogP contribution in [0.3, 0.4) is 0 Å². The van der Waals surface area contributed by atoms with E-state index in [9.17, 15) is 4.79 Å². The van der Waals surface area contributed by atoms with Gasteiger partial charge in [0, 0.05) is 0 Å². The van der Waals surface area contributed by atoms with E-state index in [1.807, 2.05) is 61.5 Å². The van der Waals surface area contributed by atoms with Crippen molar-refractivity contribution in [1.82, 2.24) is 14.8 Å². The standard InChI is InChI=1S/C17H17N5O/c1-2-13-8-6-7-11-15(13)21(16(18)23)17-19-12-20-22(17)14-9-4-3-5-10-14/h3-12H,2H2,1H3,(H2,18,23). The number of amides is 2. The largest absolute Gasteiger partial charge is 0.351 e. The van der Waals surface area contributed by atoms with Crippen LogP contribution in [0.25, 0.3) is 5.69 Å². The molecule has 116 valence electrons. The molecule has 2 N–H and O–H groups in total. The van der Waals surface area contributed by atoms with E-state index < -0.39 is 6.03 Å². The predicted octanol–water partition coefficient (Wildman–Crippen LogP) is 3.05. The van der Waals surface area contributed by atoms with Gasteiger partial charge in [-0.3, -0.25) is 0 Å². The number of nitrogens with zero attached hydrogens (tertiary/aromatic N) is 4. The molecule has 0 atom stereocenters. The van der Waals surface area contributed by atoms with Crippen LogP contribution in [-0.2, 0) is 6.42 Å². The van der Waals surface area contributed by atoms with E-state index >= 15 is 0 Å². The van der Waals surface area contributed by atoms with Gasteiger partial charge in [-0.25, -0.2) is 9.69 Å². The van der Waals surface area contributed by atoms with Crippen molar-refractivity contribution in [3.8, 4) is 5.69 Å². The van der Waals surface area contributed by atoms with E-state index in [0.717, 1.165) is 17.7 Å².